The highest BCUT2D eigenvalue weighted by atomic mass is 35.5. The van der Waals surface area contributed by atoms with Crippen LogP contribution < -0.4 is 5.32 Å². The molecule has 1 N–H and O–H groups in total. The summed E-state index contributed by atoms with van der Waals surface area (Å²) in [6, 6.07) is 0. The molecule has 1 saturated carbocycles. The monoisotopic (exact) mass is 297 g/mol. The van der Waals surface area contributed by atoms with E-state index in [9.17, 15) is 4.79 Å². The quantitative estimate of drug-likeness (QED) is 0.527. The highest BCUT2D eigenvalue weighted by Gasteiger charge is 2.56. The van der Waals surface area contributed by atoms with Crippen LogP contribution >= 0.6 is 46.3 Å². The van der Waals surface area contributed by atoms with Crippen molar-refractivity contribution in [3.63, 3.8) is 0 Å². The minimum absolute atomic E-state index is 0.186. The van der Waals surface area contributed by atoms with Crippen LogP contribution in [0.4, 0.5) is 5.13 Å². The lowest BCUT2D eigenvalue weighted by Crippen LogP contribution is -2.16. The molecule has 1 aliphatic rings. The maximum absolute atomic E-state index is 11.6. The molecule has 0 radical (unpaired) electrons. The predicted molar refractivity (Wildman–Crippen MR) is 67.5 cm³/mol. The van der Waals surface area contributed by atoms with Gasteiger partial charge in [0.25, 0.3) is 0 Å². The van der Waals surface area contributed by atoms with E-state index < -0.39 is 4.33 Å². The van der Waals surface area contributed by atoms with Crippen LogP contribution in [0.1, 0.15) is 13.3 Å². The topological polar surface area (TPSA) is 54.9 Å². The van der Waals surface area contributed by atoms with E-state index in [1.807, 2.05) is 6.92 Å². The number of thioether (sulfide) groups is 1. The van der Waals surface area contributed by atoms with Crippen LogP contribution in [0.3, 0.4) is 0 Å². The fourth-order valence-electron chi connectivity index (χ4n) is 1.13. The van der Waals surface area contributed by atoms with E-state index in [0.717, 1.165) is 10.1 Å². The molecule has 16 heavy (non-hydrogen) atoms. The predicted octanol–water partition coefficient (Wildman–Crippen LogP) is 2.78. The molecule has 1 fully saturated rings. The van der Waals surface area contributed by atoms with Crippen molar-refractivity contribution >= 4 is 57.3 Å². The highest BCUT2D eigenvalue weighted by Crippen LogP contribution is 2.53. The zero-order valence-corrected chi connectivity index (χ0v) is 11.5. The van der Waals surface area contributed by atoms with Gasteiger partial charge >= 0.3 is 0 Å². The summed E-state index contributed by atoms with van der Waals surface area (Å²) in [5.41, 5.74) is 0. The second-order valence-electron chi connectivity index (χ2n) is 3.31. The van der Waals surface area contributed by atoms with Gasteiger partial charge in [-0.1, -0.05) is 30.0 Å². The first-order valence-electron chi connectivity index (χ1n) is 4.68. The van der Waals surface area contributed by atoms with Crippen molar-refractivity contribution in [3.05, 3.63) is 0 Å². The van der Waals surface area contributed by atoms with Gasteiger partial charge < -0.3 is 5.32 Å². The summed E-state index contributed by atoms with van der Waals surface area (Å²) in [7, 11) is 0. The minimum atomic E-state index is -0.893. The van der Waals surface area contributed by atoms with Gasteiger partial charge in [-0.25, -0.2) is 0 Å². The molecular formula is C8H9Cl2N3OS2. The number of alkyl halides is 2. The van der Waals surface area contributed by atoms with Crippen molar-refractivity contribution in [2.24, 2.45) is 5.92 Å². The summed E-state index contributed by atoms with van der Waals surface area (Å²) >= 11 is 14.5. The van der Waals surface area contributed by atoms with E-state index in [0.29, 0.717) is 11.6 Å². The molecule has 1 aromatic rings. The number of hydrogen-bond acceptors (Lipinski definition) is 5. The van der Waals surface area contributed by atoms with Crippen molar-refractivity contribution in [1.29, 1.82) is 0 Å². The van der Waals surface area contributed by atoms with Crippen molar-refractivity contribution in [3.8, 4) is 0 Å². The Kier molecular flexibility index (Phi) is 3.63. The van der Waals surface area contributed by atoms with Crippen molar-refractivity contribution in [1.82, 2.24) is 10.2 Å². The Bertz CT molecular complexity index is 410. The summed E-state index contributed by atoms with van der Waals surface area (Å²) < 4.78 is -0.0490. The number of carbonyl (C=O) groups is 1. The van der Waals surface area contributed by atoms with Crippen LogP contribution in [0.2, 0.25) is 0 Å². The van der Waals surface area contributed by atoms with Gasteiger partial charge in [0.2, 0.25) is 11.0 Å². The van der Waals surface area contributed by atoms with Gasteiger partial charge in [-0.3, -0.25) is 4.79 Å². The van der Waals surface area contributed by atoms with Crippen LogP contribution in [0, 0.1) is 5.92 Å². The maximum Gasteiger partial charge on any atom is 0.232 e. The Labute approximate surface area is 111 Å². The SMILES string of the molecule is CCSc1nnc(NC(=O)C2CC2(Cl)Cl)s1. The first-order valence-corrected chi connectivity index (χ1v) is 7.23. The second kappa shape index (κ2) is 4.68. The molecule has 1 aliphatic carbocycles. The van der Waals surface area contributed by atoms with Crippen molar-refractivity contribution in [2.75, 3.05) is 11.1 Å². The molecule has 8 heteroatoms. The van der Waals surface area contributed by atoms with Crippen LogP contribution in [-0.2, 0) is 4.79 Å². The van der Waals surface area contributed by atoms with Gasteiger partial charge in [-0.2, -0.15) is 0 Å². The largest absolute Gasteiger partial charge is 0.300 e. The summed E-state index contributed by atoms with van der Waals surface area (Å²) in [5, 5.41) is 10.9. The Balaban J connectivity index is 1.91. The molecule has 1 atom stereocenters. The third kappa shape index (κ3) is 2.80. The van der Waals surface area contributed by atoms with Gasteiger partial charge in [-0.15, -0.1) is 33.4 Å². The number of rotatable bonds is 4. The van der Waals surface area contributed by atoms with Crippen molar-refractivity contribution < 1.29 is 4.79 Å². The molecule has 0 spiro atoms. The van der Waals surface area contributed by atoms with Crippen LogP contribution in [0.25, 0.3) is 0 Å². The average Bonchev–Trinajstić information content (AvgIpc) is 2.64. The fourth-order valence-corrected chi connectivity index (χ4v) is 3.29. The number of anilines is 1. The van der Waals surface area contributed by atoms with E-state index in [4.69, 9.17) is 23.2 Å². The molecular weight excluding hydrogens is 289 g/mol. The first kappa shape index (κ1) is 12.4. The molecule has 4 nitrogen and oxygen atoms in total. The van der Waals surface area contributed by atoms with Crippen molar-refractivity contribution in [2.45, 2.75) is 22.0 Å². The summed E-state index contributed by atoms with van der Waals surface area (Å²) in [6.45, 7) is 2.03. The molecule has 1 heterocycles. The summed E-state index contributed by atoms with van der Waals surface area (Å²) in [6.07, 6.45) is 0.497. The Morgan fingerprint density at radius 3 is 2.94 bits per heavy atom. The normalized spacial score (nSPS) is 21.8. The maximum atomic E-state index is 11.6. The first-order chi connectivity index (χ1) is 7.53. The summed E-state index contributed by atoms with van der Waals surface area (Å²) in [5.74, 6) is 0.411. The Morgan fingerprint density at radius 2 is 2.38 bits per heavy atom. The lowest BCUT2D eigenvalue weighted by Gasteiger charge is -1.99. The van der Waals surface area contributed by atoms with Gasteiger partial charge in [0.05, 0.1) is 5.92 Å². The number of aromatic nitrogens is 2. The van der Waals surface area contributed by atoms with Gasteiger partial charge in [0, 0.05) is 0 Å². The molecule has 0 aromatic carbocycles. The standard InChI is InChI=1S/C8H9Cl2N3OS2/c1-2-15-7-13-12-6(16-7)11-5(14)4-3-8(4,9)10/h4H,2-3H2,1H3,(H,11,12,14). The minimum Gasteiger partial charge on any atom is -0.300 e. The van der Waals surface area contributed by atoms with Gasteiger partial charge in [0.1, 0.15) is 4.33 Å². The molecule has 1 amide bonds. The molecule has 1 aromatic heterocycles. The molecule has 0 bridgehead atoms. The number of carbonyl (C=O) groups excluding carboxylic acids is 1. The molecule has 0 aliphatic heterocycles. The molecule has 88 valence electrons. The zero-order valence-electron chi connectivity index (χ0n) is 8.37. The van der Waals surface area contributed by atoms with E-state index in [1.54, 1.807) is 11.8 Å². The molecule has 0 saturated heterocycles. The fraction of sp³-hybridized carbons (Fsp3) is 0.625. The van der Waals surface area contributed by atoms with Crippen LogP contribution in [0.5, 0.6) is 0 Å². The number of nitrogens with one attached hydrogen (secondary N) is 1. The van der Waals surface area contributed by atoms with E-state index in [2.05, 4.69) is 15.5 Å². The van der Waals surface area contributed by atoms with Crippen LogP contribution in [-0.4, -0.2) is 26.2 Å². The zero-order chi connectivity index (χ0) is 11.8. The van der Waals surface area contributed by atoms with Gasteiger partial charge in [-0.05, 0) is 12.2 Å². The number of nitrogens with zero attached hydrogens (tertiary/aromatic N) is 2. The lowest BCUT2D eigenvalue weighted by atomic mass is 10.4. The highest BCUT2D eigenvalue weighted by molar-refractivity contribution is 8.01. The molecule has 1 unspecified atom stereocenters. The van der Waals surface area contributed by atoms with E-state index >= 15 is 0 Å². The third-order valence-corrected chi connectivity index (χ3v) is 4.74. The second-order valence-corrected chi connectivity index (χ2v) is 7.34. The number of halogens is 2. The lowest BCUT2D eigenvalue weighted by molar-refractivity contribution is -0.117. The Hall–Kier alpha value is -0.0400. The van der Waals surface area contributed by atoms with E-state index in [-0.39, 0.29) is 11.8 Å². The summed E-state index contributed by atoms with van der Waals surface area (Å²) in [4.78, 5) is 11.6. The number of amides is 1. The average molecular weight is 298 g/mol. The van der Waals surface area contributed by atoms with E-state index in [1.165, 1.54) is 11.3 Å². The third-order valence-electron chi connectivity index (χ3n) is 2.05. The smallest absolute Gasteiger partial charge is 0.232 e. The van der Waals surface area contributed by atoms with Crippen LogP contribution in [0.15, 0.2) is 4.34 Å². The number of hydrogen-bond donors (Lipinski definition) is 1. The Morgan fingerprint density at radius 1 is 1.69 bits per heavy atom. The van der Waals surface area contributed by atoms with Gasteiger partial charge in [0.15, 0.2) is 4.34 Å². The molecule has 2 rings (SSSR count).